The zero-order chi connectivity index (χ0) is 24.3. The number of anilines is 1. The number of hydrogen-bond acceptors (Lipinski definition) is 6. The van der Waals surface area contributed by atoms with Crippen molar-refractivity contribution in [1.82, 2.24) is 13.9 Å². The van der Waals surface area contributed by atoms with Crippen molar-refractivity contribution in [1.29, 1.82) is 0 Å². The van der Waals surface area contributed by atoms with Crippen LogP contribution in [0.5, 0.6) is 11.5 Å². The van der Waals surface area contributed by atoms with Gasteiger partial charge < -0.3 is 19.4 Å². The van der Waals surface area contributed by atoms with Gasteiger partial charge in [-0.1, -0.05) is 6.42 Å². The molecule has 3 aromatic rings. The molecule has 0 spiro atoms. The van der Waals surface area contributed by atoms with E-state index in [4.69, 9.17) is 9.47 Å². The number of carbonyl (C=O) groups is 1. The first kappa shape index (κ1) is 24.0. The Morgan fingerprint density at radius 1 is 1.06 bits per heavy atom. The molecule has 1 aliphatic heterocycles. The van der Waals surface area contributed by atoms with Crippen LogP contribution in [0.1, 0.15) is 31.5 Å². The SMILES string of the molecule is COc1ccc(OC)c(NC(=O)CCc2nc3cc(S(=O)(=O)N4CCCCC4)ccc3n2C)c1. The van der Waals surface area contributed by atoms with Gasteiger partial charge in [-0.15, -0.1) is 0 Å². The van der Waals surface area contributed by atoms with Gasteiger partial charge in [0, 0.05) is 39.0 Å². The maximum atomic E-state index is 13.0. The van der Waals surface area contributed by atoms with Crippen molar-refractivity contribution < 1.29 is 22.7 Å². The lowest BCUT2D eigenvalue weighted by molar-refractivity contribution is -0.116. The second kappa shape index (κ2) is 10.0. The van der Waals surface area contributed by atoms with Crippen LogP contribution in [0.4, 0.5) is 5.69 Å². The van der Waals surface area contributed by atoms with Gasteiger partial charge >= 0.3 is 0 Å². The quantitative estimate of drug-likeness (QED) is 0.524. The Bertz CT molecular complexity index is 1300. The largest absolute Gasteiger partial charge is 0.497 e. The number of piperidine rings is 1. The molecular formula is C24H30N4O5S. The molecule has 0 atom stereocenters. The van der Waals surface area contributed by atoms with Gasteiger partial charge in [0.1, 0.15) is 17.3 Å². The van der Waals surface area contributed by atoms with Crippen LogP contribution in [-0.4, -0.2) is 55.5 Å². The standard InChI is InChI=1S/C24H30N4O5S/c1-27-21-9-8-18(34(30,31)28-13-5-4-6-14-28)16-19(21)25-23(27)11-12-24(29)26-20-15-17(32-2)7-10-22(20)33-3/h7-10,15-16H,4-6,11-14H2,1-3H3,(H,26,29). The third kappa shape index (κ3) is 4.88. The molecule has 1 saturated heterocycles. The number of benzene rings is 2. The van der Waals surface area contributed by atoms with E-state index in [-0.39, 0.29) is 17.2 Å². The van der Waals surface area contributed by atoms with Gasteiger partial charge in [-0.3, -0.25) is 4.79 Å². The summed E-state index contributed by atoms with van der Waals surface area (Å²) in [7, 11) is 1.43. The van der Waals surface area contributed by atoms with E-state index in [9.17, 15) is 13.2 Å². The van der Waals surface area contributed by atoms with E-state index >= 15 is 0 Å². The summed E-state index contributed by atoms with van der Waals surface area (Å²) in [4.78, 5) is 17.5. The molecule has 10 heteroatoms. The second-order valence-electron chi connectivity index (χ2n) is 8.32. The average molecular weight is 487 g/mol. The van der Waals surface area contributed by atoms with Crippen LogP contribution in [0, 0.1) is 0 Å². The highest BCUT2D eigenvalue weighted by molar-refractivity contribution is 7.89. The number of ether oxygens (including phenoxy) is 2. The molecule has 9 nitrogen and oxygen atoms in total. The van der Waals surface area contributed by atoms with Crippen LogP contribution in [0.2, 0.25) is 0 Å². The fourth-order valence-electron chi connectivity index (χ4n) is 4.22. The van der Waals surface area contributed by atoms with Crippen LogP contribution in [-0.2, 0) is 28.3 Å². The minimum atomic E-state index is -3.53. The number of imidazole rings is 1. The number of sulfonamides is 1. The van der Waals surface area contributed by atoms with E-state index in [1.165, 1.54) is 7.11 Å². The van der Waals surface area contributed by atoms with E-state index < -0.39 is 10.0 Å². The summed E-state index contributed by atoms with van der Waals surface area (Å²) in [6, 6.07) is 10.2. The van der Waals surface area contributed by atoms with Gasteiger partial charge in [-0.25, -0.2) is 13.4 Å². The fraction of sp³-hybridized carbons (Fsp3) is 0.417. The number of rotatable bonds is 8. The molecule has 1 N–H and O–H groups in total. The number of methoxy groups -OCH3 is 2. The summed E-state index contributed by atoms with van der Waals surface area (Å²) in [5.74, 6) is 1.67. The normalized spacial score (nSPS) is 14.8. The zero-order valence-corrected chi connectivity index (χ0v) is 20.5. The predicted molar refractivity (Wildman–Crippen MR) is 130 cm³/mol. The molecule has 0 aliphatic carbocycles. The third-order valence-corrected chi connectivity index (χ3v) is 8.05. The maximum absolute atomic E-state index is 13.0. The highest BCUT2D eigenvalue weighted by atomic mass is 32.2. The summed E-state index contributed by atoms with van der Waals surface area (Å²) in [5, 5.41) is 2.86. The smallest absolute Gasteiger partial charge is 0.243 e. The van der Waals surface area contributed by atoms with E-state index in [1.54, 1.807) is 47.8 Å². The zero-order valence-electron chi connectivity index (χ0n) is 19.7. The molecule has 34 heavy (non-hydrogen) atoms. The second-order valence-corrected chi connectivity index (χ2v) is 10.3. The van der Waals surface area contributed by atoms with Gasteiger partial charge in [0.15, 0.2) is 0 Å². The molecular weight excluding hydrogens is 456 g/mol. The van der Waals surface area contributed by atoms with E-state index in [0.29, 0.717) is 48.0 Å². The van der Waals surface area contributed by atoms with Crippen LogP contribution < -0.4 is 14.8 Å². The Labute approximate surface area is 199 Å². The van der Waals surface area contributed by atoms with Gasteiger partial charge in [0.05, 0.1) is 35.8 Å². The molecule has 1 aromatic heterocycles. The molecule has 2 aromatic carbocycles. The van der Waals surface area contributed by atoms with Crippen molar-refractivity contribution in [2.75, 3.05) is 32.6 Å². The first-order valence-electron chi connectivity index (χ1n) is 11.3. The van der Waals surface area contributed by atoms with Crippen molar-refractivity contribution >= 4 is 32.7 Å². The van der Waals surface area contributed by atoms with Gasteiger partial charge in [-0.05, 0) is 43.2 Å². The summed E-state index contributed by atoms with van der Waals surface area (Å²) in [6.45, 7) is 1.11. The van der Waals surface area contributed by atoms with E-state index in [0.717, 1.165) is 24.8 Å². The molecule has 0 saturated carbocycles. The van der Waals surface area contributed by atoms with E-state index in [2.05, 4.69) is 10.3 Å². The Hall–Kier alpha value is -3.11. The summed E-state index contributed by atoms with van der Waals surface area (Å²) < 4.78 is 40.0. The molecule has 4 rings (SSSR count). The molecule has 182 valence electrons. The van der Waals surface area contributed by atoms with Crippen LogP contribution >= 0.6 is 0 Å². The Balaban J connectivity index is 1.49. The van der Waals surface area contributed by atoms with Crippen molar-refractivity contribution in [3.63, 3.8) is 0 Å². The minimum absolute atomic E-state index is 0.188. The summed E-state index contributed by atoms with van der Waals surface area (Å²) in [5.41, 5.74) is 1.96. The minimum Gasteiger partial charge on any atom is -0.497 e. The lowest BCUT2D eigenvalue weighted by atomic mass is 10.2. The number of nitrogens with zero attached hydrogens (tertiary/aromatic N) is 3. The van der Waals surface area contributed by atoms with Crippen molar-refractivity contribution in [3.8, 4) is 11.5 Å². The predicted octanol–water partition coefficient (Wildman–Crippen LogP) is 3.34. The number of carbonyl (C=O) groups excluding carboxylic acids is 1. The monoisotopic (exact) mass is 486 g/mol. The lowest BCUT2D eigenvalue weighted by Crippen LogP contribution is -2.35. The van der Waals surface area contributed by atoms with Gasteiger partial charge in [0.25, 0.3) is 0 Å². The third-order valence-electron chi connectivity index (χ3n) is 6.15. The number of amides is 1. The molecule has 0 radical (unpaired) electrons. The van der Waals surface area contributed by atoms with Crippen LogP contribution in [0.25, 0.3) is 11.0 Å². The van der Waals surface area contributed by atoms with Crippen molar-refractivity contribution in [2.24, 2.45) is 7.05 Å². The fourth-order valence-corrected chi connectivity index (χ4v) is 5.76. The lowest BCUT2D eigenvalue weighted by Gasteiger charge is -2.25. The summed E-state index contributed by atoms with van der Waals surface area (Å²) in [6.07, 6.45) is 3.44. The Morgan fingerprint density at radius 3 is 2.53 bits per heavy atom. The number of aromatic nitrogens is 2. The molecule has 1 aliphatic rings. The molecule has 1 amide bonds. The van der Waals surface area contributed by atoms with Gasteiger partial charge in [-0.2, -0.15) is 4.31 Å². The Morgan fingerprint density at radius 2 is 1.82 bits per heavy atom. The number of aryl methyl sites for hydroxylation is 2. The number of fused-ring (bicyclic) bond motifs is 1. The van der Waals surface area contributed by atoms with Gasteiger partial charge in [0.2, 0.25) is 15.9 Å². The topological polar surface area (TPSA) is 103 Å². The molecule has 2 heterocycles. The molecule has 0 bridgehead atoms. The highest BCUT2D eigenvalue weighted by Crippen LogP contribution is 2.29. The van der Waals surface area contributed by atoms with E-state index in [1.807, 2.05) is 11.6 Å². The first-order valence-corrected chi connectivity index (χ1v) is 12.7. The number of hydrogen-bond donors (Lipinski definition) is 1. The van der Waals surface area contributed by atoms with Crippen molar-refractivity contribution in [3.05, 3.63) is 42.2 Å². The molecule has 0 unspecified atom stereocenters. The first-order chi connectivity index (χ1) is 16.3. The van der Waals surface area contributed by atoms with Crippen LogP contribution in [0.15, 0.2) is 41.3 Å². The maximum Gasteiger partial charge on any atom is 0.243 e. The summed E-state index contributed by atoms with van der Waals surface area (Å²) >= 11 is 0. The highest BCUT2D eigenvalue weighted by Gasteiger charge is 2.26. The Kier molecular flexibility index (Phi) is 7.08. The van der Waals surface area contributed by atoms with Crippen molar-refractivity contribution in [2.45, 2.75) is 37.0 Å². The average Bonchev–Trinajstić information content (AvgIpc) is 3.18. The van der Waals surface area contributed by atoms with Crippen LogP contribution in [0.3, 0.4) is 0 Å². The number of nitrogens with one attached hydrogen (secondary N) is 1. The molecule has 1 fully saturated rings.